The Bertz CT molecular complexity index is 393. The highest BCUT2D eigenvalue weighted by Crippen LogP contribution is 2.34. The third-order valence-electron chi connectivity index (χ3n) is 3.12. The summed E-state index contributed by atoms with van der Waals surface area (Å²) < 4.78 is 7.53. The van der Waals surface area contributed by atoms with Gasteiger partial charge in [-0.2, -0.15) is 0 Å². The lowest BCUT2D eigenvalue weighted by atomic mass is 9.79. The predicted molar refractivity (Wildman–Crippen MR) is 65.8 cm³/mol. The highest BCUT2D eigenvalue weighted by atomic mass is 79.9. The number of carbonyl (C=O) groups excluding carboxylic acids is 1. The Hall–Kier alpha value is -0.750. The summed E-state index contributed by atoms with van der Waals surface area (Å²) in [6.45, 7) is 2.75. The van der Waals surface area contributed by atoms with E-state index < -0.39 is 0 Å². The van der Waals surface area contributed by atoms with Crippen LogP contribution < -0.4 is 0 Å². The van der Waals surface area contributed by atoms with Gasteiger partial charge in [0.1, 0.15) is 5.69 Å². The number of ether oxygens (including phenoxy) is 1. The second-order valence-electron chi connectivity index (χ2n) is 4.39. The number of hydrogen-bond acceptors (Lipinski definition) is 4. The van der Waals surface area contributed by atoms with Gasteiger partial charge in [0.15, 0.2) is 10.4 Å². The van der Waals surface area contributed by atoms with E-state index in [9.17, 15) is 4.79 Å². The van der Waals surface area contributed by atoms with Crippen molar-refractivity contribution >= 4 is 21.7 Å². The second kappa shape index (κ2) is 5.27. The molecule has 17 heavy (non-hydrogen) atoms. The van der Waals surface area contributed by atoms with Crippen molar-refractivity contribution in [2.75, 3.05) is 6.61 Å². The fourth-order valence-corrected chi connectivity index (χ4v) is 2.75. The molecule has 2 rings (SSSR count). The number of aromatic nitrogens is 3. The van der Waals surface area contributed by atoms with Crippen molar-refractivity contribution in [2.24, 2.45) is 13.0 Å². The summed E-state index contributed by atoms with van der Waals surface area (Å²) in [5.74, 6) is 0.546. The third kappa shape index (κ3) is 2.74. The van der Waals surface area contributed by atoms with Crippen LogP contribution in [0, 0.1) is 5.92 Å². The molecular formula is C11H16BrN3O2. The van der Waals surface area contributed by atoms with Gasteiger partial charge in [-0.15, -0.1) is 5.10 Å². The van der Waals surface area contributed by atoms with E-state index in [4.69, 9.17) is 4.74 Å². The van der Waals surface area contributed by atoms with Crippen molar-refractivity contribution in [2.45, 2.75) is 32.3 Å². The van der Waals surface area contributed by atoms with Crippen molar-refractivity contribution in [3.8, 4) is 0 Å². The summed E-state index contributed by atoms with van der Waals surface area (Å²) in [5.41, 5.74) is 0.560. The van der Waals surface area contributed by atoms with Gasteiger partial charge in [-0.05, 0) is 41.6 Å². The minimum atomic E-state index is 0.101. The number of nitrogens with zero attached hydrogens (tertiary/aromatic N) is 3. The van der Waals surface area contributed by atoms with Crippen LogP contribution in [0.2, 0.25) is 0 Å². The first-order valence-electron chi connectivity index (χ1n) is 5.81. The lowest BCUT2D eigenvalue weighted by molar-refractivity contribution is -0.0246. The molecule has 0 bridgehead atoms. The Kier molecular flexibility index (Phi) is 3.93. The topological polar surface area (TPSA) is 57.0 Å². The number of aryl methyl sites for hydroxylation is 1. The zero-order chi connectivity index (χ0) is 12.4. The molecule has 1 aromatic rings. The van der Waals surface area contributed by atoms with E-state index in [-0.39, 0.29) is 5.78 Å². The van der Waals surface area contributed by atoms with Crippen molar-refractivity contribution < 1.29 is 9.53 Å². The Labute approximate surface area is 109 Å². The van der Waals surface area contributed by atoms with Gasteiger partial charge in [-0.25, -0.2) is 4.68 Å². The number of halogens is 1. The third-order valence-corrected chi connectivity index (χ3v) is 3.65. The molecule has 0 unspecified atom stereocenters. The summed E-state index contributed by atoms with van der Waals surface area (Å²) in [7, 11) is 1.73. The summed E-state index contributed by atoms with van der Waals surface area (Å²) in [6.07, 6.45) is 2.89. The zero-order valence-electron chi connectivity index (χ0n) is 10.0. The van der Waals surface area contributed by atoms with Crippen LogP contribution in [0.4, 0.5) is 0 Å². The first-order valence-corrected chi connectivity index (χ1v) is 6.61. The number of hydrogen-bond donors (Lipinski definition) is 0. The fourth-order valence-electron chi connectivity index (χ4n) is 2.20. The molecule has 1 fully saturated rings. The SMILES string of the molecule is CCOC1CC(CC(=O)c2c(Br)nnn2C)C1. The molecule has 0 radical (unpaired) electrons. The minimum absolute atomic E-state index is 0.101. The molecule has 1 aliphatic carbocycles. The van der Waals surface area contributed by atoms with E-state index in [2.05, 4.69) is 26.2 Å². The van der Waals surface area contributed by atoms with Gasteiger partial charge in [0.05, 0.1) is 6.10 Å². The first kappa shape index (κ1) is 12.7. The van der Waals surface area contributed by atoms with Crippen molar-refractivity contribution in [1.29, 1.82) is 0 Å². The number of carbonyl (C=O) groups is 1. The average Bonchev–Trinajstić information content (AvgIpc) is 2.55. The Balaban J connectivity index is 1.87. The van der Waals surface area contributed by atoms with E-state index in [0.717, 1.165) is 19.4 Å². The minimum Gasteiger partial charge on any atom is -0.378 e. The first-order chi connectivity index (χ1) is 8.11. The molecule has 1 heterocycles. The largest absolute Gasteiger partial charge is 0.378 e. The quantitative estimate of drug-likeness (QED) is 0.780. The molecule has 0 amide bonds. The van der Waals surface area contributed by atoms with Crippen LogP contribution in [0.15, 0.2) is 4.60 Å². The molecule has 94 valence electrons. The smallest absolute Gasteiger partial charge is 0.183 e. The maximum Gasteiger partial charge on any atom is 0.183 e. The van der Waals surface area contributed by atoms with Crippen LogP contribution in [0.25, 0.3) is 0 Å². The molecule has 0 spiro atoms. The Morgan fingerprint density at radius 1 is 1.59 bits per heavy atom. The Morgan fingerprint density at radius 2 is 2.29 bits per heavy atom. The molecule has 1 saturated carbocycles. The summed E-state index contributed by atoms with van der Waals surface area (Å²) in [6, 6.07) is 0. The van der Waals surface area contributed by atoms with Crippen LogP contribution in [-0.2, 0) is 11.8 Å². The van der Waals surface area contributed by atoms with Gasteiger partial charge in [-0.1, -0.05) is 5.21 Å². The average molecular weight is 302 g/mol. The molecule has 0 aromatic carbocycles. The van der Waals surface area contributed by atoms with Crippen LogP contribution in [0.1, 0.15) is 36.7 Å². The predicted octanol–water partition coefficient (Wildman–Crippen LogP) is 1.97. The number of rotatable bonds is 5. The molecule has 0 N–H and O–H groups in total. The highest BCUT2D eigenvalue weighted by Gasteiger charge is 2.32. The standard InChI is InChI=1S/C11H16BrN3O2/c1-3-17-8-4-7(5-8)6-9(16)10-11(12)13-14-15(10)2/h7-8H,3-6H2,1-2H3. The van der Waals surface area contributed by atoms with Crippen LogP contribution in [-0.4, -0.2) is 33.5 Å². The van der Waals surface area contributed by atoms with Crippen molar-refractivity contribution in [3.63, 3.8) is 0 Å². The van der Waals surface area contributed by atoms with Gasteiger partial charge in [0.25, 0.3) is 0 Å². The lowest BCUT2D eigenvalue weighted by Gasteiger charge is -2.34. The van der Waals surface area contributed by atoms with E-state index in [0.29, 0.717) is 28.7 Å². The number of ketones is 1. The molecule has 0 aliphatic heterocycles. The van der Waals surface area contributed by atoms with Gasteiger partial charge in [-0.3, -0.25) is 4.79 Å². The van der Waals surface area contributed by atoms with E-state index in [1.807, 2.05) is 6.92 Å². The summed E-state index contributed by atoms with van der Waals surface area (Å²) >= 11 is 3.24. The fraction of sp³-hybridized carbons (Fsp3) is 0.727. The molecule has 0 saturated heterocycles. The van der Waals surface area contributed by atoms with Gasteiger partial charge >= 0.3 is 0 Å². The lowest BCUT2D eigenvalue weighted by Crippen LogP contribution is -2.33. The summed E-state index contributed by atoms with van der Waals surface area (Å²) in [5, 5.41) is 7.62. The maximum absolute atomic E-state index is 12.0. The van der Waals surface area contributed by atoms with E-state index in [1.54, 1.807) is 7.05 Å². The molecule has 5 nitrogen and oxygen atoms in total. The number of Topliss-reactive ketones (excluding diaryl/α,β-unsaturated/α-hetero) is 1. The van der Waals surface area contributed by atoms with E-state index in [1.165, 1.54) is 4.68 Å². The normalized spacial score (nSPS) is 23.5. The van der Waals surface area contributed by atoms with E-state index >= 15 is 0 Å². The van der Waals surface area contributed by atoms with Crippen molar-refractivity contribution in [1.82, 2.24) is 15.0 Å². The van der Waals surface area contributed by atoms with Crippen LogP contribution >= 0.6 is 15.9 Å². The molecule has 1 aliphatic rings. The van der Waals surface area contributed by atoms with Crippen molar-refractivity contribution in [3.05, 3.63) is 10.3 Å². The Morgan fingerprint density at radius 3 is 2.82 bits per heavy atom. The molecule has 0 atom stereocenters. The molecule has 6 heteroatoms. The highest BCUT2D eigenvalue weighted by molar-refractivity contribution is 9.10. The molecule has 1 aromatic heterocycles. The van der Waals surface area contributed by atoms with Crippen LogP contribution in [0.3, 0.4) is 0 Å². The second-order valence-corrected chi connectivity index (χ2v) is 5.15. The summed E-state index contributed by atoms with van der Waals surface area (Å²) in [4.78, 5) is 12.0. The monoisotopic (exact) mass is 301 g/mol. The van der Waals surface area contributed by atoms with Gasteiger partial charge in [0.2, 0.25) is 0 Å². The maximum atomic E-state index is 12.0. The van der Waals surface area contributed by atoms with Gasteiger partial charge in [0, 0.05) is 20.1 Å². The van der Waals surface area contributed by atoms with Crippen LogP contribution in [0.5, 0.6) is 0 Å². The zero-order valence-corrected chi connectivity index (χ0v) is 11.6. The molecular weight excluding hydrogens is 286 g/mol. The van der Waals surface area contributed by atoms with Gasteiger partial charge < -0.3 is 4.74 Å².